The van der Waals surface area contributed by atoms with Crippen molar-refractivity contribution in [3.05, 3.63) is 29.6 Å². The van der Waals surface area contributed by atoms with Crippen LogP contribution in [0, 0.1) is 5.82 Å². The monoisotopic (exact) mass is 251 g/mol. The van der Waals surface area contributed by atoms with Crippen molar-refractivity contribution in [1.82, 2.24) is 0 Å². The lowest BCUT2D eigenvalue weighted by atomic mass is 9.93. The minimum Gasteiger partial charge on any atom is -0.392 e. The van der Waals surface area contributed by atoms with Gasteiger partial charge in [0, 0.05) is 12.6 Å². The van der Waals surface area contributed by atoms with Gasteiger partial charge in [0.2, 0.25) is 0 Å². The molecule has 0 aromatic heterocycles. The molecule has 1 aliphatic rings. The molecule has 18 heavy (non-hydrogen) atoms. The van der Waals surface area contributed by atoms with E-state index in [-0.39, 0.29) is 12.4 Å². The second-order valence-electron chi connectivity index (χ2n) is 5.02. The molecule has 0 saturated heterocycles. The average Bonchev–Trinajstić information content (AvgIpc) is 2.42. The summed E-state index contributed by atoms with van der Waals surface area (Å²) >= 11 is 0. The van der Waals surface area contributed by atoms with Crippen molar-refractivity contribution >= 4 is 5.69 Å². The van der Waals surface area contributed by atoms with Crippen LogP contribution in [0.4, 0.5) is 10.1 Å². The molecule has 0 radical (unpaired) electrons. The maximum atomic E-state index is 14.1. The molecule has 0 heterocycles. The molecule has 0 unspecified atom stereocenters. The summed E-state index contributed by atoms with van der Waals surface area (Å²) in [5.74, 6) is -0.214. The first-order valence-electron chi connectivity index (χ1n) is 6.92. The lowest BCUT2D eigenvalue weighted by Gasteiger charge is -2.35. The maximum Gasteiger partial charge on any atom is 0.146 e. The molecule has 100 valence electrons. The zero-order valence-electron chi connectivity index (χ0n) is 11.0. The summed E-state index contributed by atoms with van der Waals surface area (Å²) in [4.78, 5) is 2.18. The van der Waals surface area contributed by atoms with Crippen molar-refractivity contribution < 1.29 is 9.50 Å². The SMILES string of the molecule is CCN(c1ccc(CO)cc1F)C1CCCCC1. The number of anilines is 1. The summed E-state index contributed by atoms with van der Waals surface area (Å²) in [5.41, 5.74) is 1.32. The van der Waals surface area contributed by atoms with Gasteiger partial charge in [-0.05, 0) is 37.5 Å². The summed E-state index contributed by atoms with van der Waals surface area (Å²) in [6.45, 7) is 2.81. The molecule has 1 aliphatic carbocycles. The van der Waals surface area contributed by atoms with Gasteiger partial charge in [0.15, 0.2) is 0 Å². The molecule has 0 bridgehead atoms. The Balaban J connectivity index is 2.20. The van der Waals surface area contributed by atoms with Crippen LogP contribution in [0.5, 0.6) is 0 Å². The predicted molar refractivity (Wildman–Crippen MR) is 72.2 cm³/mol. The summed E-state index contributed by atoms with van der Waals surface area (Å²) in [7, 11) is 0. The van der Waals surface area contributed by atoms with E-state index in [0.717, 1.165) is 19.4 Å². The fourth-order valence-corrected chi connectivity index (χ4v) is 2.90. The fraction of sp³-hybridized carbons (Fsp3) is 0.600. The number of halogens is 1. The van der Waals surface area contributed by atoms with Gasteiger partial charge in [-0.3, -0.25) is 0 Å². The number of aliphatic hydroxyl groups is 1. The van der Waals surface area contributed by atoms with Crippen molar-refractivity contribution in [1.29, 1.82) is 0 Å². The number of nitrogens with zero attached hydrogens (tertiary/aromatic N) is 1. The van der Waals surface area contributed by atoms with E-state index in [1.165, 1.54) is 25.3 Å². The molecule has 0 amide bonds. The lowest BCUT2D eigenvalue weighted by Crippen LogP contribution is -2.37. The highest BCUT2D eigenvalue weighted by molar-refractivity contribution is 5.50. The highest BCUT2D eigenvalue weighted by Crippen LogP contribution is 2.29. The molecule has 0 aliphatic heterocycles. The largest absolute Gasteiger partial charge is 0.392 e. The van der Waals surface area contributed by atoms with E-state index in [1.54, 1.807) is 6.07 Å². The van der Waals surface area contributed by atoms with Crippen molar-refractivity contribution in [2.75, 3.05) is 11.4 Å². The maximum absolute atomic E-state index is 14.1. The van der Waals surface area contributed by atoms with Crippen LogP contribution >= 0.6 is 0 Å². The van der Waals surface area contributed by atoms with Crippen LogP contribution in [-0.4, -0.2) is 17.7 Å². The van der Waals surface area contributed by atoms with Gasteiger partial charge in [-0.2, -0.15) is 0 Å². The van der Waals surface area contributed by atoms with Crippen molar-refractivity contribution in [2.45, 2.75) is 51.7 Å². The number of hydrogen-bond acceptors (Lipinski definition) is 2. The van der Waals surface area contributed by atoms with E-state index in [9.17, 15) is 4.39 Å². The molecule has 1 fully saturated rings. The highest BCUT2D eigenvalue weighted by Gasteiger charge is 2.22. The molecular formula is C15H22FNO. The summed E-state index contributed by atoms with van der Waals surface area (Å²) in [6.07, 6.45) is 6.12. The Hall–Kier alpha value is -1.09. The minimum absolute atomic E-state index is 0.104. The first-order chi connectivity index (χ1) is 8.76. The number of benzene rings is 1. The standard InChI is InChI=1S/C15H22FNO/c1-2-17(13-6-4-3-5-7-13)15-9-8-12(11-18)10-14(15)16/h8-10,13,18H,2-7,11H2,1H3. The number of rotatable bonds is 4. The van der Waals surface area contributed by atoms with Gasteiger partial charge in [0.25, 0.3) is 0 Å². The van der Waals surface area contributed by atoms with Gasteiger partial charge in [-0.1, -0.05) is 25.3 Å². The molecule has 3 heteroatoms. The number of aliphatic hydroxyl groups excluding tert-OH is 1. The molecule has 1 saturated carbocycles. The van der Waals surface area contributed by atoms with Crippen LogP contribution in [0.25, 0.3) is 0 Å². The second-order valence-corrected chi connectivity index (χ2v) is 5.02. The first-order valence-corrected chi connectivity index (χ1v) is 6.92. The van der Waals surface area contributed by atoms with Crippen molar-refractivity contribution in [3.63, 3.8) is 0 Å². The van der Waals surface area contributed by atoms with Gasteiger partial charge in [0.05, 0.1) is 12.3 Å². The molecule has 0 atom stereocenters. The highest BCUT2D eigenvalue weighted by atomic mass is 19.1. The molecule has 0 spiro atoms. The lowest BCUT2D eigenvalue weighted by molar-refractivity contribution is 0.281. The summed E-state index contributed by atoms with van der Waals surface area (Å²) < 4.78 is 14.1. The Morgan fingerprint density at radius 3 is 2.56 bits per heavy atom. The minimum atomic E-state index is -0.214. The van der Waals surface area contributed by atoms with E-state index in [1.807, 2.05) is 6.07 Å². The van der Waals surface area contributed by atoms with Crippen molar-refractivity contribution in [2.24, 2.45) is 0 Å². The van der Waals surface area contributed by atoms with E-state index in [0.29, 0.717) is 17.3 Å². The normalized spacial score (nSPS) is 16.8. The van der Waals surface area contributed by atoms with Crippen LogP contribution in [0.2, 0.25) is 0 Å². The van der Waals surface area contributed by atoms with Crippen LogP contribution < -0.4 is 4.90 Å². The number of hydrogen-bond donors (Lipinski definition) is 1. The molecular weight excluding hydrogens is 229 g/mol. The Kier molecular flexibility index (Phi) is 4.59. The predicted octanol–water partition coefficient (Wildman–Crippen LogP) is 3.48. The third-order valence-electron chi connectivity index (χ3n) is 3.86. The van der Waals surface area contributed by atoms with Crippen LogP contribution in [0.1, 0.15) is 44.6 Å². The topological polar surface area (TPSA) is 23.5 Å². The van der Waals surface area contributed by atoms with Crippen LogP contribution in [-0.2, 0) is 6.61 Å². The Morgan fingerprint density at radius 1 is 1.28 bits per heavy atom. The molecule has 1 aromatic carbocycles. The van der Waals surface area contributed by atoms with Crippen LogP contribution in [0.3, 0.4) is 0 Å². The van der Waals surface area contributed by atoms with E-state index < -0.39 is 0 Å². The van der Waals surface area contributed by atoms with E-state index in [2.05, 4.69) is 11.8 Å². The smallest absolute Gasteiger partial charge is 0.146 e. The van der Waals surface area contributed by atoms with E-state index in [4.69, 9.17) is 5.11 Å². The molecule has 1 aromatic rings. The zero-order chi connectivity index (χ0) is 13.0. The first kappa shape index (κ1) is 13.3. The summed E-state index contributed by atoms with van der Waals surface area (Å²) in [6, 6.07) is 5.53. The third kappa shape index (κ3) is 2.83. The van der Waals surface area contributed by atoms with Gasteiger partial charge in [0.1, 0.15) is 5.82 Å². The quantitative estimate of drug-likeness (QED) is 0.885. The summed E-state index contributed by atoms with van der Waals surface area (Å²) in [5, 5.41) is 9.02. The van der Waals surface area contributed by atoms with Gasteiger partial charge in [-0.25, -0.2) is 4.39 Å². The second kappa shape index (κ2) is 6.19. The van der Waals surface area contributed by atoms with Crippen LogP contribution in [0.15, 0.2) is 18.2 Å². The van der Waals surface area contributed by atoms with Gasteiger partial charge in [-0.15, -0.1) is 0 Å². The van der Waals surface area contributed by atoms with E-state index >= 15 is 0 Å². The average molecular weight is 251 g/mol. The van der Waals surface area contributed by atoms with Gasteiger partial charge < -0.3 is 10.0 Å². The Labute approximate surface area is 108 Å². The third-order valence-corrected chi connectivity index (χ3v) is 3.86. The van der Waals surface area contributed by atoms with Crippen molar-refractivity contribution in [3.8, 4) is 0 Å². The fourth-order valence-electron chi connectivity index (χ4n) is 2.90. The zero-order valence-corrected chi connectivity index (χ0v) is 11.0. The molecule has 2 nitrogen and oxygen atoms in total. The van der Waals surface area contributed by atoms with Gasteiger partial charge >= 0.3 is 0 Å². The Morgan fingerprint density at radius 2 is 2.00 bits per heavy atom. The molecule has 2 rings (SSSR count). The Bertz CT molecular complexity index is 388. The molecule has 1 N–H and O–H groups in total.